The van der Waals surface area contributed by atoms with E-state index in [-0.39, 0.29) is 35.3 Å². The number of para-hydroxylation sites is 1. The molecule has 1 aliphatic heterocycles. The Hall–Kier alpha value is -6.80. The van der Waals surface area contributed by atoms with Gasteiger partial charge < -0.3 is 40.4 Å². The first-order valence-corrected chi connectivity index (χ1v) is 21.8. The zero-order valence-corrected chi connectivity index (χ0v) is 36.3. The number of rotatable bonds is 17. The van der Waals surface area contributed by atoms with Crippen LogP contribution in [0.1, 0.15) is 59.3 Å². The molecule has 2 atom stereocenters. The van der Waals surface area contributed by atoms with Crippen molar-refractivity contribution in [2.75, 3.05) is 50.0 Å². The number of fused-ring (bicyclic) bond motifs is 1. The maximum absolute atomic E-state index is 13.1. The molecule has 64 heavy (non-hydrogen) atoms. The number of amides is 3. The van der Waals surface area contributed by atoms with Gasteiger partial charge in [-0.05, 0) is 97.3 Å². The van der Waals surface area contributed by atoms with Gasteiger partial charge in [0, 0.05) is 80.5 Å². The largest absolute Gasteiger partial charge is 0.506 e. The van der Waals surface area contributed by atoms with Gasteiger partial charge in [-0.1, -0.05) is 78.9 Å². The fourth-order valence-electron chi connectivity index (χ4n) is 8.07. The highest BCUT2D eigenvalue weighted by atomic mass is 16.6. The molecule has 332 valence electrons. The van der Waals surface area contributed by atoms with E-state index in [9.17, 15) is 29.4 Å². The number of nitrogens with one attached hydrogen (secondary N) is 4. The summed E-state index contributed by atoms with van der Waals surface area (Å²) in [4.78, 5) is 57.1. The van der Waals surface area contributed by atoms with Crippen molar-refractivity contribution in [2.45, 2.75) is 57.3 Å². The number of likely N-dealkylation sites (tertiary alicyclic amines) is 1. The van der Waals surface area contributed by atoms with Crippen molar-refractivity contribution in [2.24, 2.45) is 0 Å². The van der Waals surface area contributed by atoms with Crippen molar-refractivity contribution >= 4 is 40.2 Å². The number of aromatic hydroxyl groups is 1. The summed E-state index contributed by atoms with van der Waals surface area (Å²) in [7, 11) is 1.74. The Morgan fingerprint density at radius 1 is 0.859 bits per heavy atom. The lowest BCUT2D eigenvalue weighted by molar-refractivity contribution is -0.118. The average molecular weight is 865 g/mol. The number of carbonyl (C=O) groups is 3. The molecule has 5 aromatic carbocycles. The molecular weight excluding hydrogens is 809 g/mol. The molecule has 1 aromatic heterocycles. The van der Waals surface area contributed by atoms with Crippen LogP contribution in [0.5, 0.6) is 5.75 Å². The number of hydrogen-bond acceptors (Lipinski definition) is 9. The van der Waals surface area contributed by atoms with E-state index in [1.807, 2.05) is 61.5 Å². The summed E-state index contributed by atoms with van der Waals surface area (Å²) in [5.74, 6) is -0.256. The number of aliphatic hydroxyl groups is 1. The molecule has 13 heteroatoms. The number of aromatic amines is 1. The van der Waals surface area contributed by atoms with E-state index in [0.29, 0.717) is 78.7 Å². The highest BCUT2D eigenvalue weighted by molar-refractivity contribution is 5.96. The minimum atomic E-state index is -0.837. The third-order valence-corrected chi connectivity index (χ3v) is 11.8. The number of aliphatic hydroxyl groups excluding tert-OH is 1. The van der Waals surface area contributed by atoms with Crippen LogP contribution in [0.25, 0.3) is 22.0 Å². The Bertz CT molecular complexity index is 2570. The first-order valence-electron chi connectivity index (χ1n) is 21.8. The van der Waals surface area contributed by atoms with Gasteiger partial charge in [-0.15, -0.1) is 0 Å². The lowest BCUT2D eigenvalue weighted by atomic mass is 10.0. The number of H-pyrrole nitrogens is 1. The summed E-state index contributed by atoms with van der Waals surface area (Å²) in [6.07, 6.45) is 1.62. The van der Waals surface area contributed by atoms with Crippen molar-refractivity contribution < 1.29 is 29.3 Å². The second-order valence-electron chi connectivity index (χ2n) is 16.4. The molecule has 0 bridgehead atoms. The van der Waals surface area contributed by atoms with Crippen LogP contribution in [0.3, 0.4) is 0 Å². The molecule has 6 N–H and O–H groups in total. The number of phenols is 1. The smallest absolute Gasteiger partial charge is 0.411 e. The molecule has 1 aliphatic rings. The molecule has 2 heterocycles. The fraction of sp³-hybridized carbons (Fsp3) is 0.294. The number of piperidine rings is 1. The number of nitrogens with zero attached hydrogens (tertiary/aromatic N) is 2. The second kappa shape index (κ2) is 21.5. The second-order valence-corrected chi connectivity index (χ2v) is 16.4. The van der Waals surface area contributed by atoms with Gasteiger partial charge >= 0.3 is 6.09 Å². The molecule has 0 unspecified atom stereocenters. The zero-order valence-electron chi connectivity index (χ0n) is 36.3. The van der Waals surface area contributed by atoms with Gasteiger partial charge in [-0.2, -0.15) is 0 Å². The van der Waals surface area contributed by atoms with Crippen LogP contribution >= 0.6 is 0 Å². The maximum atomic E-state index is 13.1. The maximum Gasteiger partial charge on any atom is 0.411 e. The third kappa shape index (κ3) is 12.0. The number of carbonyl (C=O) groups excluding carboxylic acids is 3. The molecule has 1 fully saturated rings. The van der Waals surface area contributed by atoms with Gasteiger partial charge in [0.25, 0.3) is 5.91 Å². The van der Waals surface area contributed by atoms with Crippen LogP contribution in [-0.2, 0) is 22.4 Å². The molecule has 0 radical (unpaired) electrons. The Labute approximate surface area is 373 Å². The van der Waals surface area contributed by atoms with Gasteiger partial charge in [0.1, 0.15) is 11.9 Å². The predicted octanol–water partition coefficient (Wildman–Crippen LogP) is 7.19. The van der Waals surface area contributed by atoms with E-state index in [1.165, 1.54) is 12.1 Å². The molecule has 1 saturated heterocycles. The van der Waals surface area contributed by atoms with E-state index in [0.717, 1.165) is 41.8 Å². The molecule has 6 aromatic rings. The summed E-state index contributed by atoms with van der Waals surface area (Å²) < 4.78 is 5.77. The SMILES string of the molecule is C[C@H](Cc1ccc(CCNC(=O)c2ccc(N(C)C(=O)CCN3CCC(OC(=O)Nc4ccccc4-c4ccccc4)CC3)cc2)cc1)NC[C@H](O)c1ccc(O)c2[nH]c(=O)ccc12. The summed E-state index contributed by atoms with van der Waals surface area (Å²) in [5, 5.41) is 30.9. The number of aromatic nitrogens is 1. The van der Waals surface area contributed by atoms with E-state index in [4.69, 9.17) is 4.74 Å². The summed E-state index contributed by atoms with van der Waals surface area (Å²) in [5.41, 5.74) is 6.68. The molecule has 13 nitrogen and oxygen atoms in total. The first-order chi connectivity index (χ1) is 31.0. The normalized spacial score (nSPS) is 14.1. The average Bonchev–Trinajstić information content (AvgIpc) is 3.31. The number of pyridine rings is 1. The molecule has 0 aliphatic carbocycles. The van der Waals surface area contributed by atoms with Gasteiger partial charge in [0.15, 0.2) is 0 Å². The van der Waals surface area contributed by atoms with Crippen LogP contribution in [0, 0.1) is 0 Å². The van der Waals surface area contributed by atoms with Crippen LogP contribution in [0.15, 0.2) is 132 Å². The van der Waals surface area contributed by atoms with Crippen molar-refractivity contribution in [3.63, 3.8) is 0 Å². The Morgan fingerprint density at radius 2 is 1.56 bits per heavy atom. The summed E-state index contributed by atoms with van der Waals surface area (Å²) in [6, 6.07) is 39.0. The zero-order chi connectivity index (χ0) is 45.0. The van der Waals surface area contributed by atoms with Crippen molar-refractivity contribution in [3.05, 3.63) is 160 Å². The lowest BCUT2D eigenvalue weighted by Crippen LogP contribution is -2.40. The Kier molecular flexibility index (Phi) is 15.2. The highest BCUT2D eigenvalue weighted by Crippen LogP contribution is 2.30. The van der Waals surface area contributed by atoms with Gasteiger partial charge in [0.05, 0.1) is 17.3 Å². The number of phenolic OH excluding ortho intramolecular Hbond substituents is 1. The van der Waals surface area contributed by atoms with Gasteiger partial charge in [-0.3, -0.25) is 19.7 Å². The Balaban J connectivity index is 0.776. The topological polar surface area (TPSA) is 176 Å². The standard InChI is InChI=1S/C51H56N6O7/c1-34(53-33-46(59)42-20-22-45(58)49-43(42)21-23-47(60)55-49)32-36-14-12-35(13-15-36)24-28-52-50(62)38-16-18-39(19-17-38)56(2)48(61)27-31-57-29-25-40(26-30-57)64-51(63)54-44-11-7-6-10-41(44)37-8-4-3-5-9-37/h3-23,34,40,46,53,58-59H,24-33H2,1-2H3,(H,52,62)(H,54,63)(H,55,60)/t34-,46+/m1/s1. The summed E-state index contributed by atoms with van der Waals surface area (Å²) in [6.45, 7) is 4.86. The lowest BCUT2D eigenvalue weighted by Gasteiger charge is -2.31. The fourth-order valence-corrected chi connectivity index (χ4v) is 8.07. The van der Waals surface area contributed by atoms with Crippen molar-refractivity contribution in [1.29, 1.82) is 0 Å². The predicted molar refractivity (Wildman–Crippen MR) is 251 cm³/mol. The number of ether oxygens (including phenoxy) is 1. The minimum Gasteiger partial charge on any atom is -0.506 e. The number of benzene rings is 5. The minimum absolute atomic E-state index is 0.0256. The van der Waals surface area contributed by atoms with E-state index in [2.05, 4.69) is 50.1 Å². The van der Waals surface area contributed by atoms with E-state index in [1.54, 1.807) is 48.3 Å². The van der Waals surface area contributed by atoms with E-state index < -0.39 is 12.2 Å². The third-order valence-electron chi connectivity index (χ3n) is 11.8. The highest BCUT2D eigenvalue weighted by Gasteiger charge is 2.24. The van der Waals surface area contributed by atoms with Crippen LogP contribution in [0.2, 0.25) is 0 Å². The van der Waals surface area contributed by atoms with Crippen LogP contribution in [0.4, 0.5) is 16.2 Å². The molecule has 3 amide bonds. The molecule has 0 saturated carbocycles. The van der Waals surface area contributed by atoms with Crippen molar-refractivity contribution in [1.82, 2.24) is 20.5 Å². The molecule has 0 spiro atoms. The Morgan fingerprint density at radius 3 is 2.31 bits per heavy atom. The van der Waals surface area contributed by atoms with Crippen molar-refractivity contribution in [3.8, 4) is 16.9 Å². The molecule has 7 rings (SSSR count). The van der Waals surface area contributed by atoms with Gasteiger partial charge in [0.2, 0.25) is 11.5 Å². The van der Waals surface area contributed by atoms with E-state index >= 15 is 0 Å². The number of hydrogen-bond donors (Lipinski definition) is 6. The molecular formula is C51H56N6O7. The van der Waals surface area contributed by atoms with Gasteiger partial charge in [-0.25, -0.2) is 4.79 Å². The monoisotopic (exact) mass is 864 g/mol. The quantitative estimate of drug-likeness (QED) is 0.0554. The first kappa shape index (κ1) is 45.2. The van der Waals surface area contributed by atoms with Crippen LogP contribution < -0.4 is 26.4 Å². The summed E-state index contributed by atoms with van der Waals surface area (Å²) >= 11 is 0. The number of anilines is 2. The van der Waals surface area contributed by atoms with Crippen LogP contribution in [-0.4, -0.2) is 89.9 Å².